The van der Waals surface area contributed by atoms with E-state index in [0.29, 0.717) is 24.3 Å². The zero-order valence-corrected chi connectivity index (χ0v) is 15.1. The summed E-state index contributed by atoms with van der Waals surface area (Å²) in [7, 11) is 0. The number of hydrogen-bond donors (Lipinski definition) is 2. The van der Waals surface area contributed by atoms with Crippen LogP contribution < -0.4 is 15.8 Å². The van der Waals surface area contributed by atoms with Crippen molar-refractivity contribution in [2.45, 2.75) is 52.6 Å². The molecule has 1 rings (SSSR count). The van der Waals surface area contributed by atoms with E-state index in [1.54, 1.807) is 0 Å². The van der Waals surface area contributed by atoms with Crippen molar-refractivity contribution in [2.24, 2.45) is 10.7 Å². The molecular formula is C17H27F3N4O. The van der Waals surface area contributed by atoms with Gasteiger partial charge in [0.15, 0.2) is 5.96 Å². The van der Waals surface area contributed by atoms with E-state index in [2.05, 4.69) is 47.6 Å². The lowest BCUT2D eigenvalue weighted by Crippen LogP contribution is -2.38. The first-order valence-corrected chi connectivity index (χ1v) is 8.27. The van der Waals surface area contributed by atoms with Crippen molar-refractivity contribution in [3.63, 3.8) is 0 Å². The average molecular weight is 360 g/mol. The first kappa shape index (κ1) is 21.1. The number of aliphatic imine (C=N–C) groups is 1. The lowest BCUT2D eigenvalue weighted by Gasteiger charge is -2.30. The largest absolute Gasteiger partial charge is 0.573 e. The maximum Gasteiger partial charge on any atom is 0.573 e. The molecule has 142 valence electrons. The summed E-state index contributed by atoms with van der Waals surface area (Å²) in [5, 5.41) is 2.84. The van der Waals surface area contributed by atoms with Gasteiger partial charge in [0.25, 0.3) is 0 Å². The summed E-state index contributed by atoms with van der Waals surface area (Å²) in [6.07, 6.45) is -3.83. The number of hydrogen-bond acceptors (Lipinski definition) is 3. The van der Waals surface area contributed by atoms with Gasteiger partial charge < -0.3 is 15.8 Å². The summed E-state index contributed by atoms with van der Waals surface area (Å²) in [6, 6.07) is 6.26. The molecule has 0 spiro atoms. The third kappa shape index (κ3) is 8.62. The molecule has 0 atom stereocenters. The van der Waals surface area contributed by atoms with Gasteiger partial charge in [-0.25, -0.2) is 0 Å². The van der Waals surface area contributed by atoms with Crippen LogP contribution in [0.2, 0.25) is 0 Å². The molecule has 0 aliphatic rings. The molecular weight excluding hydrogens is 333 g/mol. The molecule has 0 saturated heterocycles. The van der Waals surface area contributed by atoms with Gasteiger partial charge in [-0.15, -0.1) is 13.2 Å². The predicted octanol–water partition coefficient (Wildman–Crippen LogP) is 3.82. The second-order valence-corrected chi connectivity index (χ2v) is 6.24. The normalized spacial score (nSPS) is 13.0. The van der Waals surface area contributed by atoms with Crippen molar-refractivity contribution in [1.29, 1.82) is 0 Å². The molecule has 0 aliphatic heterocycles. The summed E-state index contributed by atoms with van der Waals surface area (Å²) in [6.45, 7) is 10.1. The Morgan fingerprint density at radius 3 is 2.20 bits per heavy atom. The number of anilines is 1. The van der Waals surface area contributed by atoms with E-state index in [0.717, 1.165) is 13.0 Å². The minimum atomic E-state index is -4.70. The molecule has 5 nitrogen and oxygen atoms in total. The number of guanidine groups is 1. The Morgan fingerprint density at radius 1 is 1.16 bits per heavy atom. The Morgan fingerprint density at radius 2 is 1.72 bits per heavy atom. The molecule has 0 fully saturated rings. The molecule has 0 unspecified atom stereocenters. The van der Waals surface area contributed by atoms with Crippen molar-refractivity contribution in [3.05, 3.63) is 24.3 Å². The average Bonchev–Trinajstić information content (AvgIpc) is 2.46. The highest BCUT2D eigenvalue weighted by Crippen LogP contribution is 2.23. The molecule has 0 heterocycles. The molecule has 0 amide bonds. The molecule has 8 heteroatoms. The van der Waals surface area contributed by atoms with Crippen LogP contribution >= 0.6 is 0 Å². The standard InChI is InChI=1S/C17H27F3N4O/c1-12(2)24(13(3)4)11-5-10-22-16(21)23-14-6-8-15(9-7-14)25-17(18,19)20/h6-9,12-13H,5,10-11H2,1-4H3,(H3,21,22,23). The number of nitrogens with two attached hydrogens (primary N) is 1. The van der Waals surface area contributed by atoms with Crippen molar-refractivity contribution in [2.75, 3.05) is 18.4 Å². The molecule has 0 aromatic heterocycles. The van der Waals surface area contributed by atoms with Gasteiger partial charge in [-0.05, 0) is 58.4 Å². The fourth-order valence-corrected chi connectivity index (χ4v) is 2.49. The first-order valence-electron chi connectivity index (χ1n) is 8.27. The lowest BCUT2D eigenvalue weighted by molar-refractivity contribution is -0.274. The SMILES string of the molecule is CC(C)N(CCCN=C(N)Nc1ccc(OC(F)(F)F)cc1)C(C)C. The van der Waals surface area contributed by atoms with Crippen molar-refractivity contribution in [1.82, 2.24) is 4.90 Å². The van der Waals surface area contributed by atoms with Gasteiger partial charge in [0.05, 0.1) is 0 Å². The van der Waals surface area contributed by atoms with Crippen LogP contribution in [-0.4, -0.2) is 42.4 Å². The number of halogens is 3. The van der Waals surface area contributed by atoms with Gasteiger partial charge in [0.2, 0.25) is 0 Å². The predicted molar refractivity (Wildman–Crippen MR) is 94.8 cm³/mol. The van der Waals surface area contributed by atoms with E-state index in [1.165, 1.54) is 24.3 Å². The Kier molecular flexibility index (Phi) is 8.02. The Hall–Kier alpha value is -1.96. The lowest BCUT2D eigenvalue weighted by atomic mass is 10.2. The molecule has 3 N–H and O–H groups in total. The number of ether oxygens (including phenoxy) is 1. The topological polar surface area (TPSA) is 62.9 Å². The smallest absolute Gasteiger partial charge is 0.406 e. The summed E-state index contributed by atoms with van der Waals surface area (Å²) in [4.78, 5) is 6.61. The Bertz CT molecular complexity index is 534. The van der Waals surface area contributed by atoms with Crippen LogP contribution in [0.3, 0.4) is 0 Å². The number of rotatable bonds is 8. The maximum atomic E-state index is 12.1. The van der Waals surface area contributed by atoms with Gasteiger partial charge in [-0.2, -0.15) is 0 Å². The van der Waals surface area contributed by atoms with E-state index in [1.807, 2.05) is 0 Å². The monoisotopic (exact) mass is 360 g/mol. The van der Waals surface area contributed by atoms with Crippen molar-refractivity contribution >= 4 is 11.6 Å². The fraction of sp³-hybridized carbons (Fsp3) is 0.588. The van der Waals surface area contributed by atoms with Crippen LogP contribution in [-0.2, 0) is 0 Å². The van der Waals surface area contributed by atoms with Gasteiger partial charge in [0.1, 0.15) is 5.75 Å². The van der Waals surface area contributed by atoms with E-state index in [9.17, 15) is 13.2 Å². The third-order valence-electron chi connectivity index (χ3n) is 3.54. The highest BCUT2D eigenvalue weighted by molar-refractivity contribution is 5.92. The molecule has 0 aliphatic carbocycles. The highest BCUT2D eigenvalue weighted by atomic mass is 19.4. The van der Waals surface area contributed by atoms with Gasteiger partial charge in [-0.1, -0.05) is 0 Å². The van der Waals surface area contributed by atoms with E-state index in [-0.39, 0.29) is 11.7 Å². The molecule has 0 bridgehead atoms. The van der Waals surface area contributed by atoms with E-state index >= 15 is 0 Å². The zero-order valence-electron chi connectivity index (χ0n) is 15.1. The molecule has 25 heavy (non-hydrogen) atoms. The van der Waals surface area contributed by atoms with Crippen LogP contribution in [0.4, 0.5) is 18.9 Å². The van der Waals surface area contributed by atoms with Crippen molar-refractivity contribution in [3.8, 4) is 5.75 Å². The van der Waals surface area contributed by atoms with Gasteiger partial charge in [0, 0.05) is 30.9 Å². The van der Waals surface area contributed by atoms with Gasteiger partial charge >= 0.3 is 6.36 Å². The second-order valence-electron chi connectivity index (χ2n) is 6.24. The molecule has 0 radical (unpaired) electrons. The third-order valence-corrected chi connectivity index (χ3v) is 3.54. The second kappa shape index (κ2) is 9.50. The minimum absolute atomic E-state index is 0.227. The number of alkyl halides is 3. The molecule has 1 aromatic rings. The minimum Gasteiger partial charge on any atom is -0.406 e. The first-order chi connectivity index (χ1) is 11.6. The van der Waals surface area contributed by atoms with Crippen LogP contribution in [0, 0.1) is 0 Å². The van der Waals surface area contributed by atoms with E-state index in [4.69, 9.17) is 5.73 Å². The highest BCUT2D eigenvalue weighted by Gasteiger charge is 2.30. The quantitative estimate of drug-likeness (QED) is 0.420. The summed E-state index contributed by atoms with van der Waals surface area (Å²) >= 11 is 0. The van der Waals surface area contributed by atoms with Crippen LogP contribution in [0.5, 0.6) is 5.75 Å². The summed E-state index contributed by atoms with van der Waals surface area (Å²) in [5.74, 6) is -0.0545. The molecule has 0 saturated carbocycles. The van der Waals surface area contributed by atoms with Crippen LogP contribution in [0.15, 0.2) is 29.3 Å². The Balaban J connectivity index is 2.45. The zero-order chi connectivity index (χ0) is 19.0. The maximum absolute atomic E-state index is 12.1. The van der Waals surface area contributed by atoms with Crippen LogP contribution in [0.25, 0.3) is 0 Å². The molecule has 1 aromatic carbocycles. The fourth-order valence-electron chi connectivity index (χ4n) is 2.49. The van der Waals surface area contributed by atoms with Gasteiger partial charge in [-0.3, -0.25) is 9.89 Å². The number of benzene rings is 1. The summed E-state index contributed by atoms with van der Waals surface area (Å²) in [5.41, 5.74) is 6.34. The summed E-state index contributed by atoms with van der Waals surface area (Å²) < 4.78 is 40.1. The number of nitrogens with zero attached hydrogens (tertiary/aromatic N) is 2. The Labute approximate surface area is 147 Å². The van der Waals surface area contributed by atoms with E-state index < -0.39 is 6.36 Å². The van der Waals surface area contributed by atoms with Crippen molar-refractivity contribution < 1.29 is 17.9 Å². The number of nitrogens with one attached hydrogen (secondary N) is 1. The van der Waals surface area contributed by atoms with Crippen LogP contribution in [0.1, 0.15) is 34.1 Å².